The Balaban J connectivity index is 2.22. The number of unbranched alkanes of at least 4 members (excludes halogenated alkanes) is 1. The van der Waals surface area contributed by atoms with Crippen molar-refractivity contribution in [2.45, 2.75) is 19.8 Å². The van der Waals surface area contributed by atoms with Crippen molar-refractivity contribution in [3.8, 4) is 0 Å². The highest BCUT2D eigenvalue weighted by Gasteiger charge is 2.02. The van der Waals surface area contributed by atoms with Gasteiger partial charge in [0.05, 0.1) is 6.54 Å². The highest BCUT2D eigenvalue weighted by Crippen LogP contribution is 2.01. The molecule has 0 amide bonds. The van der Waals surface area contributed by atoms with Crippen LogP contribution in [0.4, 0.5) is 0 Å². The molecule has 2 nitrogen and oxygen atoms in total. The van der Waals surface area contributed by atoms with E-state index in [0.29, 0.717) is 0 Å². The average Bonchev–Trinajstić information content (AvgIpc) is 2.34. The average molecular weight is 127 g/mol. The first-order chi connectivity index (χ1) is 4.43. The number of hydrogen-bond acceptors (Lipinski definition) is 2. The summed E-state index contributed by atoms with van der Waals surface area (Å²) in [6, 6.07) is 0. The maximum atomic E-state index is 5.20. The van der Waals surface area contributed by atoms with Gasteiger partial charge in [0.1, 0.15) is 6.61 Å². The number of nitrogens with one attached hydrogen (secondary N) is 1. The molecular formula is C7H13NO. The summed E-state index contributed by atoms with van der Waals surface area (Å²) in [4.78, 5) is 0. The Labute approximate surface area is 55.9 Å². The first-order valence-corrected chi connectivity index (χ1v) is 3.50. The molecular weight excluding hydrogens is 114 g/mol. The van der Waals surface area contributed by atoms with Crippen molar-refractivity contribution in [3.63, 3.8) is 0 Å². The highest BCUT2D eigenvalue weighted by atomic mass is 16.5. The van der Waals surface area contributed by atoms with Gasteiger partial charge in [-0.15, -0.1) is 0 Å². The quantitative estimate of drug-likeness (QED) is 0.602. The summed E-state index contributed by atoms with van der Waals surface area (Å²) in [6.07, 6.45) is 4.41. The number of allylic oxidation sites excluding steroid dienone is 1. The van der Waals surface area contributed by atoms with Gasteiger partial charge in [0.2, 0.25) is 0 Å². The maximum Gasteiger partial charge on any atom is 0.182 e. The number of hydrogen-bond donors (Lipinski definition) is 1. The zero-order valence-electron chi connectivity index (χ0n) is 5.81. The Bertz CT molecular complexity index is 101. The fraction of sp³-hybridized carbons (Fsp3) is 0.714. The lowest BCUT2D eigenvalue weighted by molar-refractivity contribution is 0.264. The van der Waals surface area contributed by atoms with Crippen molar-refractivity contribution in [1.29, 1.82) is 0 Å². The normalized spacial score (nSPS) is 21.7. The fourth-order valence-electron chi connectivity index (χ4n) is 0.793. The van der Waals surface area contributed by atoms with Crippen LogP contribution in [0.2, 0.25) is 0 Å². The molecule has 0 atom stereocenters. The number of ether oxygens (including phenoxy) is 1. The Hall–Kier alpha value is -0.660. The number of rotatable bonds is 2. The van der Waals surface area contributed by atoms with Crippen LogP contribution < -0.4 is 5.32 Å². The van der Waals surface area contributed by atoms with Gasteiger partial charge in [-0.1, -0.05) is 13.3 Å². The molecule has 0 unspecified atom stereocenters. The highest BCUT2D eigenvalue weighted by molar-refractivity contribution is 4.93. The third-order valence-corrected chi connectivity index (χ3v) is 1.28. The van der Waals surface area contributed by atoms with E-state index in [0.717, 1.165) is 25.5 Å². The van der Waals surface area contributed by atoms with Crippen molar-refractivity contribution >= 4 is 0 Å². The first kappa shape index (κ1) is 6.46. The van der Waals surface area contributed by atoms with Crippen LogP contribution in [0, 0.1) is 0 Å². The molecule has 0 aliphatic carbocycles. The van der Waals surface area contributed by atoms with Crippen LogP contribution in [0.15, 0.2) is 12.0 Å². The molecule has 1 saturated heterocycles. The minimum Gasteiger partial charge on any atom is -0.478 e. The lowest BCUT2D eigenvalue weighted by Gasteiger charge is -1.95. The van der Waals surface area contributed by atoms with E-state index in [1.54, 1.807) is 0 Å². The molecule has 0 aromatic rings. The van der Waals surface area contributed by atoms with Gasteiger partial charge >= 0.3 is 0 Å². The standard InChI is InChI=1S/C7H13NO/c1-2-3-4-7-8-5-6-9-7/h4,8H,2-3,5-6H2,1H3. The Morgan fingerprint density at radius 3 is 3.22 bits per heavy atom. The lowest BCUT2D eigenvalue weighted by atomic mass is 10.3. The van der Waals surface area contributed by atoms with Crippen LogP contribution in [0.3, 0.4) is 0 Å². The van der Waals surface area contributed by atoms with E-state index < -0.39 is 0 Å². The van der Waals surface area contributed by atoms with Gasteiger partial charge in [0, 0.05) is 0 Å². The molecule has 9 heavy (non-hydrogen) atoms. The molecule has 2 heteroatoms. The first-order valence-electron chi connectivity index (χ1n) is 3.50. The van der Waals surface area contributed by atoms with Crippen molar-refractivity contribution in [2.75, 3.05) is 13.2 Å². The molecule has 1 fully saturated rings. The maximum absolute atomic E-state index is 5.20. The van der Waals surface area contributed by atoms with Gasteiger partial charge in [-0.25, -0.2) is 0 Å². The molecule has 0 saturated carbocycles. The van der Waals surface area contributed by atoms with Gasteiger partial charge in [0.25, 0.3) is 0 Å². The minimum atomic E-state index is 0.829. The predicted molar refractivity (Wildman–Crippen MR) is 36.9 cm³/mol. The molecule has 0 bridgehead atoms. The topological polar surface area (TPSA) is 21.3 Å². The lowest BCUT2D eigenvalue weighted by Crippen LogP contribution is -2.04. The summed E-state index contributed by atoms with van der Waals surface area (Å²) in [5.74, 6) is 0.969. The Morgan fingerprint density at radius 1 is 1.78 bits per heavy atom. The zero-order chi connectivity index (χ0) is 6.53. The fourth-order valence-corrected chi connectivity index (χ4v) is 0.793. The summed E-state index contributed by atoms with van der Waals surface area (Å²) >= 11 is 0. The molecule has 1 aliphatic rings. The Kier molecular flexibility index (Phi) is 2.43. The largest absolute Gasteiger partial charge is 0.478 e. The molecule has 1 aliphatic heterocycles. The summed E-state index contributed by atoms with van der Waals surface area (Å²) < 4.78 is 5.20. The van der Waals surface area contributed by atoms with Crippen LogP contribution in [-0.2, 0) is 4.74 Å². The van der Waals surface area contributed by atoms with Crippen LogP contribution in [0.5, 0.6) is 0 Å². The third-order valence-electron chi connectivity index (χ3n) is 1.28. The van der Waals surface area contributed by atoms with Crippen LogP contribution in [0.25, 0.3) is 0 Å². The molecule has 1 N–H and O–H groups in total. The van der Waals surface area contributed by atoms with Crippen molar-refractivity contribution < 1.29 is 4.74 Å². The van der Waals surface area contributed by atoms with Crippen molar-refractivity contribution in [1.82, 2.24) is 5.32 Å². The second-order valence-electron chi connectivity index (χ2n) is 2.13. The summed E-state index contributed by atoms with van der Waals surface area (Å²) in [6.45, 7) is 3.96. The van der Waals surface area contributed by atoms with E-state index in [2.05, 4.69) is 18.3 Å². The molecule has 0 aromatic heterocycles. The molecule has 0 aromatic carbocycles. The SMILES string of the molecule is CCCC=C1NCCO1. The Morgan fingerprint density at radius 2 is 2.67 bits per heavy atom. The van der Waals surface area contributed by atoms with Gasteiger partial charge < -0.3 is 10.1 Å². The van der Waals surface area contributed by atoms with E-state index in [1.807, 2.05) is 0 Å². The van der Waals surface area contributed by atoms with Gasteiger partial charge in [-0.3, -0.25) is 0 Å². The molecule has 0 spiro atoms. The molecule has 0 radical (unpaired) electrons. The summed E-state index contributed by atoms with van der Waals surface area (Å²) in [7, 11) is 0. The van der Waals surface area contributed by atoms with Crippen molar-refractivity contribution in [3.05, 3.63) is 12.0 Å². The van der Waals surface area contributed by atoms with E-state index >= 15 is 0 Å². The third kappa shape index (κ3) is 1.96. The van der Waals surface area contributed by atoms with Crippen LogP contribution in [-0.4, -0.2) is 13.2 Å². The predicted octanol–water partition coefficient (Wildman–Crippen LogP) is 1.25. The zero-order valence-corrected chi connectivity index (χ0v) is 5.81. The summed E-state index contributed by atoms with van der Waals surface area (Å²) in [5.41, 5.74) is 0. The molecule has 1 rings (SSSR count). The van der Waals surface area contributed by atoms with Gasteiger partial charge in [-0.2, -0.15) is 0 Å². The van der Waals surface area contributed by atoms with Crippen LogP contribution in [0.1, 0.15) is 19.8 Å². The molecule has 1 heterocycles. The van der Waals surface area contributed by atoms with Crippen molar-refractivity contribution in [2.24, 2.45) is 0 Å². The van der Waals surface area contributed by atoms with Gasteiger partial charge in [0.15, 0.2) is 5.88 Å². The van der Waals surface area contributed by atoms with E-state index in [9.17, 15) is 0 Å². The van der Waals surface area contributed by atoms with E-state index in [4.69, 9.17) is 4.74 Å². The van der Waals surface area contributed by atoms with E-state index in [-0.39, 0.29) is 0 Å². The minimum absolute atomic E-state index is 0.829. The van der Waals surface area contributed by atoms with E-state index in [1.165, 1.54) is 6.42 Å². The summed E-state index contributed by atoms with van der Waals surface area (Å²) in [5, 5.41) is 3.13. The molecule has 52 valence electrons. The van der Waals surface area contributed by atoms with Gasteiger partial charge in [-0.05, 0) is 12.5 Å². The van der Waals surface area contributed by atoms with Crippen LogP contribution >= 0.6 is 0 Å². The second-order valence-corrected chi connectivity index (χ2v) is 2.13. The second kappa shape index (κ2) is 3.38. The smallest absolute Gasteiger partial charge is 0.182 e. The monoisotopic (exact) mass is 127 g/mol.